The van der Waals surface area contributed by atoms with Crippen molar-refractivity contribution < 1.29 is 38.8 Å². The van der Waals surface area contributed by atoms with Crippen LogP contribution in [0.5, 0.6) is 17.2 Å². The minimum absolute atomic E-state index is 0.0772. The molecule has 1 aromatic heterocycles. The number of aromatic hydroxyl groups is 1. The molecule has 1 aliphatic heterocycles. The number of hydrogen-bond acceptors (Lipinski definition) is 10. The van der Waals surface area contributed by atoms with Gasteiger partial charge in [0.15, 0.2) is 16.6 Å². The van der Waals surface area contributed by atoms with Crippen molar-refractivity contribution >= 4 is 39.9 Å². The van der Waals surface area contributed by atoms with Crippen LogP contribution >= 0.6 is 11.3 Å². The van der Waals surface area contributed by atoms with E-state index in [1.807, 2.05) is 0 Å². The second-order valence-electron chi connectivity index (χ2n) is 8.19. The number of Topliss-reactive ketones (excluding diaryl/α,β-unsaturated/α-hetero) is 1. The summed E-state index contributed by atoms with van der Waals surface area (Å²) < 4.78 is 15.8. The first-order chi connectivity index (χ1) is 18.2. The molecule has 4 rings (SSSR count). The van der Waals surface area contributed by atoms with E-state index in [0.29, 0.717) is 17.0 Å². The molecule has 10 nitrogen and oxygen atoms in total. The number of aromatic nitrogens is 1. The number of ketones is 1. The topological polar surface area (TPSA) is 135 Å². The molecule has 0 aliphatic carbocycles. The molecule has 1 atom stereocenters. The Hall–Kier alpha value is -4.38. The van der Waals surface area contributed by atoms with Gasteiger partial charge in [-0.2, -0.15) is 0 Å². The summed E-state index contributed by atoms with van der Waals surface area (Å²) in [5, 5.41) is 21.6. The zero-order valence-corrected chi connectivity index (χ0v) is 22.0. The van der Waals surface area contributed by atoms with Crippen molar-refractivity contribution in [3.63, 3.8) is 0 Å². The second kappa shape index (κ2) is 10.9. The molecule has 0 saturated carbocycles. The Morgan fingerprint density at radius 1 is 1.13 bits per heavy atom. The van der Waals surface area contributed by atoms with Gasteiger partial charge in [0.1, 0.15) is 16.4 Å². The highest BCUT2D eigenvalue weighted by molar-refractivity contribution is 7.17. The fourth-order valence-electron chi connectivity index (χ4n) is 4.11. The van der Waals surface area contributed by atoms with Crippen LogP contribution in [-0.4, -0.2) is 53.2 Å². The molecule has 3 aromatic rings. The number of aryl methyl sites for hydroxylation is 1. The molecule has 0 bridgehead atoms. The molecule has 0 radical (unpaired) electrons. The Morgan fingerprint density at radius 2 is 1.89 bits per heavy atom. The lowest BCUT2D eigenvalue weighted by Gasteiger charge is -2.23. The highest BCUT2D eigenvalue weighted by Crippen LogP contribution is 2.45. The quantitative estimate of drug-likeness (QED) is 0.185. The van der Waals surface area contributed by atoms with Crippen molar-refractivity contribution in [2.45, 2.75) is 26.8 Å². The number of amides is 1. The number of aliphatic hydroxyl groups is 1. The van der Waals surface area contributed by atoms with Crippen molar-refractivity contribution in [2.75, 3.05) is 25.2 Å². The lowest BCUT2D eigenvalue weighted by molar-refractivity contribution is -0.132. The molecule has 198 valence electrons. The number of aliphatic hydroxyl groups excluding tert-OH is 1. The normalized spacial score (nSPS) is 16.5. The number of benzene rings is 2. The van der Waals surface area contributed by atoms with Gasteiger partial charge in [-0.15, -0.1) is 0 Å². The number of rotatable bonds is 8. The van der Waals surface area contributed by atoms with Crippen LogP contribution in [0, 0.1) is 6.92 Å². The van der Waals surface area contributed by atoms with Gasteiger partial charge < -0.3 is 24.4 Å². The number of thiazole rings is 1. The summed E-state index contributed by atoms with van der Waals surface area (Å²) in [5.74, 6) is -2.44. The predicted molar refractivity (Wildman–Crippen MR) is 140 cm³/mol. The van der Waals surface area contributed by atoms with Gasteiger partial charge in [-0.25, -0.2) is 9.78 Å². The van der Waals surface area contributed by atoms with Crippen LogP contribution in [0.1, 0.15) is 46.4 Å². The van der Waals surface area contributed by atoms with E-state index in [1.54, 1.807) is 39.0 Å². The monoisotopic (exact) mass is 538 g/mol. The van der Waals surface area contributed by atoms with Crippen LogP contribution in [0.15, 0.2) is 48.0 Å². The van der Waals surface area contributed by atoms with E-state index in [-0.39, 0.29) is 45.9 Å². The third kappa shape index (κ3) is 4.80. The van der Waals surface area contributed by atoms with Gasteiger partial charge in [0.2, 0.25) is 0 Å². The standard InChI is InChI=1S/C27H26N2O8S/c1-5-36-19-13-15(10-11-18(19)30)21-20(22(31)16-8-7-9-17(12-16)35-4)23(32)25(33)29(21)27-28-14(3)24(38-27)26(34)37-6-2/h7-13,21,30-31H,5-6H2,1-4H3. The Kier molecular flexibility index (Phi) is 7.67. The number of nitrogens with zero attached hydrogens (tertiary/aromatic N) is 2. The lowest BCUT2D eigenvalue weighted by Crippen LogP contribution is -2.29. The molecule has 1 amide bonds. The number of carbonyl (C=O) groups excluding carboxylic acids is 3. The molecular weight excluding hydrogens is 512 g/mol. The molecular formula is C27H26N2O8S. The molecule has 2 heterocycles. The van der Waals surface area contributed by atoms with E-state index >= 15 is 0 Å². The summed E-state index contributed by atoms with van der Waals surface area (Å²) in [4.78, 5) is 45.0. The summed E-state index contributed by atoms with van der Waals surface area (Å²) in [6.45, 7) is 5.44. The Labute approximate surface area is 222 Å². The van der Waals surface area contributed by atoms with E-state index in [4.69, 9.17) is 14.2 Å². The Morgan fingerprint density at radius 3 is 2.58 bits per heavy atom. The van der Waals surface area contributed by atoms with Crippen molar-refractivity contribution in [1.82, 2.24) is 4.98 Å². The van der Waals surface area contributed by atoms with Crippen LogP contribution in [-0.2, 0) is 14.3 Å². The van der Waals surface area contributed by atoms with Crippen molar-refractivity contribution in [2.24, 2.45) is 0 Å². The average molecular weight is 539 g/mol. The lowest BCUT2D eigenvalue weighted by atomic mass is 9.95. The highest BCUT2D eigenvalue weighted by Gasteiger charge is 2.48. The van der Waals surface area contributed by atoms with Gasteiger partial charge in [0.05, 0.1) is 37.6 Å². The predicted octanol–water partition coefficient (Wildman–Crippen LogP) is 4.37. The number of methoxy groups -OCH3 is 1. The summed E-state index contributed by atoms with van der Waals surface area (Å²) in [6, 6.07) is 9.69. The number of esters is 1. The van der Waals surface area contributed by atoms with Crippen LogP contribution in [0.25, 0.3) is 5.76 Å². The third-order valence-corrected chi connectivity index (χ3v) is 6.98. The maximum absolute atomic E-state index is 13.4. The molecule has 1 aliphatic rings. The average Bonchev–Trinajstić information content (AvgIpc) is 3.42. The molecule has 1 unspecified atom stereocenters. The van der Waals surface area contributed by atoms with Gasteiger partial charge in [-0.1, -0.05) is 29.5 Å². The van der Waals surface area contributed by atoms with Crippen molar-refractivity contribution in [3.8, 4) is 17.2 Å². The van der Waals surface area contributed by atoms with E-state index in [1.165, 1.54) is 31.4 Å². The first-order valence-corrected chi connectivity index (χ1v) is 12.6. The first kappa shape index (κ1) is 26.7. The maximum Gasteiger partial charge on any atom is 0.350 e. The fraction of sp³-hybridized carbons (Fsp3) is 0.259. The molecule has 11 heteroatoms. The van der Waals surface area contributed by atoms with Crippen LogP contribution < -0.4 is 14.4 Å². The minimum Gasteiger partial charge on any atom is -0.507 e. The van der Waals surface area contributed by atoms with Gasteiger partial charge in [-0.05, 0) is 50.6 Å². The van der Waals surface area contributed by atoms with Crippen molar-refractivity contribution in [3.05, 3.63) is 69.7 Å². The van der Waals surface area contributed by atoms with Gasteiger partial charge in [0, 0.05) is 5.56 Å². The number of hydrogen-bond donors (Lipinski definition) is 2. The molecule has 1 saturated heterocycles. The SMILES string of the molecule is CCOC(=O)c1sc(N2C(=O)C(=O)C(=C(O)c3cccc(OC)c3)C2c2ccc(O)c(OCC)c2)nc1C. The van der Waals surface area contributed by atoms with Crippen LogP contribution in [0.3, 0.4) is 0 Å². The summed E-state index contributed by atoms with van der Waals surface area (Å²) >= 11 is 0.905. The summed E-state index contributed by atoms with van der Waals surface area (Å²) in [7, 11) is 1.47. The number of carbonyl (C=O) groups is 3. The van der Waals surface area contributed by atoms with Gasteiger partial charge in [-0.3, -0.25) is 14.5 Å². The molecule has 38 heavy (non-hydrogen) atoms. The second-order valence-corrected chi connectivity index (χ2v) is 9.17. The van der Waals surface area contributed by atoms with Gasteiger partial charge in [0.25, 0.3) is 5.78 Å². The van der Waals surface area contributed by atoms with E-state index in [9.17, 15) is 24.6 Å². The van der Waals surface area contributed by atoms with Crippen molar-refractivity contribution in [1.29, 1.82) is 0 Å². The van der Waals surface area contributed by atoms with Crippen LogP contribution in [0.4, 0.5) is 5.13 Å². The smallest absolute Gasteiger partial charge is 0.350 e. The number of anilines is 1. The Balaban J connectivity index is 1.95. The van der Waals surface area contributed by atoms with E-state index in [0.717, 1.165) is 16.2 Å². The van der Waals surface area contributed by atoms with E-state index < -0.39 is 29.5 Å². The zero-order chi connectivity index (χ0) is 27.6. The summed E-state index contributed by atoms with van der Waals surface area (Å²) in [6.07, 6.45) is 0. The Bertz CT molecular complexity index is 1440. The zero-order valence-electron chi connectivity index (χ0n) is 21.2. The molecule has 2 N–H and O–H groups in total. The van der Waals surface area contributed by atoms with E-state index in [2.05, 4.69) is 4.98 Å². The molecule has 2 aromatic carbocycles. The molecule has 0 spiro atoms. The fourth-order valence-corrected chi connectivity index (χ4v) is 5.10. The first-order valence-electron chi connectivity index (χ1n) is 11.8. The molecule has 1 fully saturated rings. The number of ether oxygens (including phenoxy) is 3. The minimum atomic E-state index is -1.14. The maximum atomic E-state index is 13.4. The number of phenols is 1. The summed E-state index contributed by atoms with van der Waals surface area (Å²) in [5.41, 5.74) is 0.777. The van der Waals surface area contributed by atoms with Crippen LogP contribution in [0.2, 0.25) is 0 Å². The highest BCUT2D eigenvalue weighted by atomic mass is 32.1. The van der Waals surface area contributed by atoms with Gasteiger partial charge >= 0.3 is 11.9 Å². The number of phenolic OH excluding ortho intramolecular Hbond substituents is 1. The third-order valence-electron chi connectivity index (χ3n) is 5.84. The largest absolute Gasteiger partial charge is 0.507 e.